The summed E-state index contributed by atoms with van der Waals surface area (Å²) in [5, 5.41) is 3.57. The van der Waals surface area contributed by atoms with Gasteiger partial charge in [-0.25, -0.2) is 4.98 Å². The fourth-order valence-corrected chi connectivity index (χ4v) is 4.29. The molecule has 0 fully saturated rings. The molecular formula is C13H13ClN2OS2. The molecule has 1 atom stereocenters. The Hall–Kier alpha value is -0.910. The summed E-state index contributed by atoms with van der Waals surface area (Å²) in [4.78, 5) is 18.5. The van der Waals surface area contributed by atoms with E-state index in [4.69, 9.17) is 11.6 Å². The van der Waals surface area contributed by atoms with Crippen LogP contribution in [0.4, 0.5) is 5.13 Å². The summed E-state index contributed by atoms with van der Waals surface area (Å²) in [7, 11) is 0. The van der Waals surface area contributed by atoms with Crippen molar-refractivity contribution in [2.45, 2.75) is 26.2 Å². The predicted octanol–water partition coefficient (Wildman–Crippen LogP) is 4.24. The van der Waals surface area contributed by atoms with Crippen LogP contribution in [0, 0.1) is 5.92 Å². The fourth-order valence-electron chi connectivity index (χ4n) is 2.19. The van der Waals surface area contributed by atoms with Crippen molar-refractivity contribution in [2.75, 3.05) is 5.32 Å². The molecule has 0 saturated heterocycles. The summed E-state index contributed by atoms with van der Waals surface area (Å²) < 4.78 is 0.623. The van der Waals surface area contributed by atoms with Crippen LogP contribution in [0.5, 0.6) is 0 Å². The number of rotatable bonds is 2. The van der Waals surface area contributed by atoms with Gasteiger partial charge in [0.15, 0.2) is 5.13 Å². The maximum atomic E-state index is 12.0. The molecule has 2 aromatic heterocycles. The topological polar surface area (TPSA) is 42.0 Å². The number of carbonyl (C=O) groups is 1. The molecule has 1 aliphatic carbocycles. The molecule has 1 amide bonds. The highest BCUT2D eigenvalue weighted by Gasteiger charge is 2.20. The van der Waals surface area contributed by atoms with Gasteiger partial charge in [0.25, 0.3) is 5.91 Å². The van der Waals surface area contributed by atoms with Gasteiger partial charge in [-0.05, 0) is 37.3 Å². The number of nitrogens with one attached hydrogen (secondary N) is 1. The van der Waals surface area contributed by atoms with Crippen LogP contribution in [0.2, 0.25) is 4.34 Å². The quantitative estimate of drug-likeness (QED) is 0.901. The smallest absolute Gasteiger partial charge is 0.267 e. The van der Waals surface area contributed by atoms with Gasteiger partial charge in [0.2, 0.25) is 0 Å². The molecule has 19 heavy (non-hydrogen) atoms. The second kappa shape index (κ2) is 5.23. The number of fused-ring (bicyclic) bond motifs is 1. The molecule has 0 aliphatic heterocycles. The lowest BCUT2D eigenvalue weighted by Crippen LogP contribution is -2.10. The Labute approximate surface area is 124 Å². The van der Waals surface area contributed by atoms with Crippen LogP contribution in [-0.4, -0.2) is 10.9 Å². The molecule has 0 spiro atoms. The molecule has 1 aliphatic rings. The van der Waals surface area contributed by atoms with Gasteiger partial charge in [0.1, 0.15) is 0 Å². The predicted molar refractivity (Wildman–Crippen MR) is 80.6 cm³/mol. The van der Waals surface area contributed by atoms with Crippen molar-refractivity contribution in [3.05, 3.63) is 31.9 Å². The van der Waals surface area contributed by atoms with Crippen LogP contribution in [0.15, 0.2) is 12.1 Å². The second-order valence-electron chi connectivity index (χ2n) is 4.79. The van der Waals surface area contributed by atoms with E-state index in [1.807, 2.05) is 0 Å². The lowest BCUT2D eigenvalue weighted by atomic mass is 9.93. The third-order valence-electron chi connectivity index (χ3n) is 3.20. The lowest BCUT2D eigenvalue weighted by molar-refractivity contribution is 0.103. The van der Waals surface area contributed by atoms with E-state index in [1.165, 1.54) is 22.6 Å². The van der Waals surface area contributed by atoms with Crippen LogP contribution < -0.4 is 5.32 Å². The maximum Gasteiger partial charge on any atom is 0.267 e. The zero-order valence-electron chi connectivity index (χ0n) is 10.4. The first-order valence-corrected chi connectivity index (χ1v) is 8.18. The summed E-state index contributed by atoms with van der Waals surface area (Å²) in [5.41, 5.74) is 1.16. The highest BCUT2D eigenvalue weighted by Crippen LogP contribution is 2.32. The number of aryl methyl sites for hydroxylation is 1. The standard InChI is InChI=1S/C13H13ClN2OS2/c1-7-2-3-8-10(6-7)19-13(15-8)16-12(17)9-4-5-11(14)18-9/h4-5,7H,2-3,6H2,1H3,(H,15,16,17). The van der Waals surface area contributed by atoms with Crippen LogP contribution in [-0.2, 0) is 12.8 Å². The molecule has 2 heterocycles. The first-order valence-electron chi connectivity index (χ1n) is 6.17. The number of nitrogens with zero attached hydrogens (tertiary/aromatic N) is 1. The van der Waals surface area contributed by atoms with E-state index >= 15 is 0 Å². The molecule has 0 bridgehead atoms. The number of carbonyl (C=O) groups excluding carboxylic acids is 1. The molecule has 3 nitrogen and oxygen atoms in total. The normalized spacial score (nSPS) is 18.1. The van der Waals surface area contributed by atoms with Crippen LogP contribution in [0.25, 0.3) is 0 Å². The Bertz CT molecular complexity index is 620. The van der Waals surface area contributed by atoms with Gasteiger partial charge in [-0.3, -0.25) is 10.1 Å². The third-order valence-corrected chi connectivity index (χ3v) is 5.47. The van der Waals surface area contributed by atoms with Crippen LogP contribution in [0.3, 0.4) is 0 Å². The number of anilines is 1. The first-order chi connectivity index (χ1) is 9.11. The summed E-state index contributed by atoms with van der Waals surface area (Å²) >= 11 is 8.71. The minimum atomic E-state index is -0.129. The summed E-state index contributed by atoms with van der Waals surface area (Å²) in [6.07, 6.45) is 3.28. The van der Waals surface area contributed by atoms with Gasteiger partial charge in [-0.15, -0.1) is 22.7 Å². The number of halogens is 1. The fraction of sp³-hybridized carbons (Fsp3) is 0.385. The molecular weight excluding hydrogens is 300 g/mol. The van der Waals surface area contributed by atoms with Crippen molar-refractivity contribution in [3.8, 4) is 0 Å². The number of thiazole rings is 1. The van der Waals surface area contributed by atoms with Crippen molar-refractivity contribution < 1.29 is 4.79 Å². The van der Waals surface area contributed by atoms with Gasteiger partial charge >= 0.3 is 0 Å². The Kier molecular flexibility index (Phi) is 3.60. The van der Waals surface area contributed by atoms with Crippen LogP contribution in [0.1, 0.15) is 33.6 Å². The van der Waals surface area contributed by atoms with Crippen molar-refractivity contribution in [1.29, 1.82) is 0 Å². The van der Waals surface area contributed by atoms with E-state index in [1.54, 1.807) is 23.5 Å². The van der Waals surface area contributed by atoms with Crippen molar-refractivity contribution in [1.82, 2.24) is 4.98 Å². The van der Waals surface area contributed by atoms with E-state index < -0.39 is 0 Å². The van der Waals surface area contributed by atoms with E-state index in [9.17, 15) is 4.79 Å². The molecule has 2 aromatic rings. The van der Waals surface area contributed by atoms with Crippen LogP contribution >= 0.6 is 34.3 Å². The summed E-state index contributed by atoms with van der Waals surface area (Å²) in [5.74, 6) is 0.587. The van der Waals surface area contributed by atoms with Crippen molar-refractivity contribution in [2.24, 2.45) is 5.92 Å². The lowest BCUT2D eigenvalue weighted by Gasteiger charge is -2.15. The SMILES string of the molecule is CC1CCc2nc(NC(=O)c3ccc(Cl)s3)sc2C1. The molecule has 0 radical (unpaired) electrons. The zero-order valence-corrected chi connectivity index (χ0v) is 12.8. The first kappa shape index (κ1) is 13.1. The van der Waals surface area contributed by atoms with Gasteiger partial charge in [0, 0.05) is 4.88 Å². The van der Waals surface area contributed by atoms with E-state index in [-0.39, 0.29) is 5.91 Å². The Morgan fingerprint density at radius 3 is 3.05 bits per heavy atom. The molecule has 1 N–H and O–H groups in total. The van der Waals surface area contributed by atoms with Gasteiger partial charge in [-0.2, -0.15) is 0 Å². The van der Waals surface area contributed by atoms with E-state index in [2.05, 4.69) is 17.2 Å². The van der Waals surface area contributed by atoms with Crippen molar-refractivity contribution >= 4 is 45.3 Å². The monoisotopic (exact) mass is 312 g/mol. The molecule has 0 saturated carbocycles. The largest absolute Gasteiger partial charge is 0.297 e. The third kappa shape index (κ3) is 2.83. The van der Waals surface area contributed by atoms with Gasteiger partial charge < -0.3 is 0 Å². The average molecular weight is 313 g/mol. The molecule has 100 valence electrons. The molecule has 1 unspecified atom stereocenters. The summed E-state index contributed by atoms with van der Waals surface area (Å²) in [6, 6.07) is 3.47. The Morgan fingerprint density at radius 1 is 1.47 bits per heavy atom. The molecule has 3 rings (SSSR count). The van der Waals surface area contributed by atoms with E-state index in [0.717, 1.165) is 18.5 Å². The zero-order chi connectivity index (χ0) is 13.4. The number of hydrogen-bond donors (Lipinski definition) is 1. The minimum absolute atomic E-state index is 0.129. The Morgan fingerprint density at radius 2 is 2.32 bits per heavy atom. The average Bonchev–Trinajstić information content (AvgIpc) is 2.94. The minimum Gasteiger partial charge on any atom is -0.297 e. The molecule has 0 aromatic carbocycles. The van der Waals surface area contributed by atoms with E-state index in [0.29, 0.717) is 20.3 Å². The number of amides is 1. The number of aromatic nitrogens is 1. The van der Waals surface area contributed by atoms with Gasteiger partial charge in [-0.1, -0.05) is 18.5 Å². The second-order valence-corrected chi connectivity index (χ2v) is 7.59. The Balaban J connectivity index is 1.75. The highest BCUT2D eigenvalue weighted by atomic mass is 35.5. The molecule has 6 heteroatoms. The number of hydrogen-bond acceptors (Lipinski definition) is 4. The highest BCUT2D eigenvalue weighted by molar-refractivity contribution is 7.18. The van der Waals surface area contributed by atoms with Crippen molar-refractivity contribution in [3.63, 3.8) is 0 Å². The van der Waals surface area contributed by atoms with Gasteiger partial charge in [0.05, 0.1) is 14.9 Å². The number of thiophene rings is 1. The maximum absolute atomic E-state index is 12.0. The summed E-state index contributed by atoms with van der Waals surface area (Å²) in [6.45, 7) is 2.26.